The average molecular weight is 219 g/mol. The van der Waals surface area contributed by atoms with Crippen LogP contribution in [0, 0.1) is 0 Å². The molecule has 1 N–H and O–H groups in total. The van der Waals surface area contributed by atoms with Gasteiger partial charge in [-0.05, 0) is 25.8 Å². The highest BCUT2D eigenvalue weighted by Gasteiger charge is 2.21. The lowest BCUT2D eigenvalue weighted by molar-refractivity contribution is 0.619. The minimum Gasteiger partial charge on any atom is -0.387 e. The van der Waals surface area contributed by atoms with Crippen molar-refractivity contribution in [2.24, 2.45) is 0 Å². The molecule has 16 heavy (non-hydrogen) atoms. The van der Waals surface area contributed by atoms with E-state index in [1.165, 1.54) is 31.4 Å². The molecule has 1 saturated carbocycles. The predicted octanol–water partition coefficient (Wildman–Crippen LogP) is 2.89. The first-order valence-corrected chi connectivity index (χ1v) is 6.24. The standard InChI is InChI=1S/C13H21N3/c1-3-16(12-6-4-5-7-12)13-8-11(14-2)9-15-10-13/h8-10,12,14H,3-7H2,1-2H3. The fraction of sp³-hybridized carbons (Fsp3) is 0.615. The third-order valence-corrected chi connectivity index (χ3v) is 3.45. The van der Waals surface area contributed by atoms with Gasteiger partial charge in [0.15, 0.2) is 0 Å². The van der Waals surface area contributed by atoms with Gasteiger partial charge in [0.25, 0.3) is 0 Å². The summed E-state index contributed by atoms with van der Waals surface area (Å²) in [4.78, 5) is 6.78. The van der Waals surface area contributed by atoms with E-state index < -0.39 is 0 Å². The van der Waals surface area contributed by atoms with E-state index in [1.54, 1.807) is 0 Å². The number of nitrogens with one attached hydrogen (secondary N) is 1. The molecule has 0 bridgehead atoms. The molecule has 0 aromatic carbocycles. The molecule has 0 saturated heterocycles. The highest BCUT2D eigenvalue weighted by molar-refractivity contribution is 5.55. The van der Waals surface area contributed by atoms with Crippen LogP contribution in [-0.2, 0) is 0 Å². The lowest BCUT2D eigenvalue weighted by Gasteiger charge is -2.29. The molecule has 1 aliphatic carbocycles. The normalized spacial score (nSPS) is 16.4. The fourth-order valence-corrected chi connectivity index (χ4v) is 2.59. The third kappa shape index (κ3) is 2.29. The van der Waals surface area contributed by atoms with Crippen molar-refractivity contribution in [2.45, 2.75) is 38.6 Å². The molecule has 0 amide bonds. The maximum Gasteiger partial charge on any atom is 0.0575 e. The van der Waals surface area contributed by atoms with Crippen LogP contribution in [0.2, 0.25) is 0 Å². The van der Waals surface area contributed by atoms with Crippen molar-refractivity contribution >= 4 is 11.4 Å². The zero-order valence-electron chi connectivity index (χ0n) is 10.2. The number of rotatable bonds is 4. The molecule has 88 valence electrons. The third-order valence-electron chi connectivity index (χ3n) is 3.45. The maximum absolute atomic E-state index is 4.29. The Balaban J connectivity index is 2.18. The van der Waals surface area contributed by atoms with Crippen LogP contribution < -0.4 is 10.2 Å². The zero-order valence-corrected chi connectivity index (χ0v) is 10.2. The predicted molar refractivity (Wildman–Crippen MR) is 69.1 cm³/mol. The van der Waals surface area contributed by atoms with Crippen LogP contribution in [0.3, 0.4) is 0 Å². The molecule has 1 heterocycles. The first-order valence-electron chi connectivity index (χ1n) is 6.24. The van der Waals surface area contributed by atoms with Gasteiger partial charge < -0.3 is 10.2 Å². The minimum atomic E-state index is 0.721. The lowest BCUT2D eigenvalue weighted by atomic mass is 10.2. The molecule has 0 radical (unpaired) electrons. The Kier molecular flexibility index (Phi) is 3.65. The Morgan fingerprint density at radius 2 is 2.12 bits per heavy atom. The second kappa shape index (κ2) is 5.19. The van der Waals surface area contributed by atoms with Gasteiger partial charge in [-0.3, -0.25) is 4.98 Å². The summed E-state index contributed by atoms with van der Waals surface area (Å²) in [6.45, 7) is 3.30. The van der Waals surface area contributed by atoms with Gasteiger partial charge in [0.1, 0.15) is 0 Å². The van der Waals surface area contributed by atoms with Gasteiger partial charge >= 0.3 is 0 Å². The van der Waals surface area contributed by atoms with Crippen molar-refractivity contribution in [1.29, 1.82) is 0 Å². The van der Waals surface area contributed by atoms with E-state index in [4.69, 9.17) is 0 Å². The van der Waals surface area contributed by atoms with E-state index >= 15 is 0 Å². The van der Waals surface area contributed by atoms with Crippen molar-refractivity contribution in [1.82, 2.24) is 4.98 Å². The van der Waals surface area contributed by atoms with Crippen molar-refractivity contribution < 1.29 is 0 Å². The highest BCUT2D eigenvalue weighted by atomic mass is 15.2. The lowest BCUT2D eigenvalue weighted by Crippen LogP contribution is -2.33. The molecule has 0 unspecified atom stereocenters. The van der Waals surface area contributed by atoms with Crippen LogP contribution >= 0.6 is 0 Å². The SMILES string of the molecule is CCN(c1cncc(NC)c1)C1CCCC1. The first-order chi connectivity index (χ1) is 7.85. The molecule has 0 spiro atoms. The molecule has 3 heteroatoms. The Labute approximate surface area is 97.9 Å². The van der Waals surface area contributed by atoms with E-state index in [2.05, 4.69) is 28.2 Å². The van der Waals surface area contributed by atoms with Gasteiger partial charge in [-0.2, -0.15) is 0 Å². The number of nitrogens with zero attached hydrogens (tertiary/aromatic N) is 2. The van der Waals surface area contributed by atoms with Crippen molar-refractivity contribution in [2.75, 3.05) is 23.8 Å². The van der Waals surface area contributed by atoms with Crippen LogP contribution in [0.15, 0.2) is 18.5 Å². The number of hydrogen-bond acceptors (Lipinski definition) is 3. The molecule has 1 fully saturated rings. The minimum absolute atomic E-state index is 0.721. The summed E-state index contributed by atoms with van der Waals surface area (Å²) in [6.07, 6.45) is 9.25. The van der Waals surface area contributed by atoms with E-state index in [0.717, 1.165) is 18.3 Å². The number of anilines is 2. The van der Waals surface area contributed by atoms with Crippen LogP contribution in [0.4, 0.5) is 11.4 Å². The number of pyridine rings is 1. The molecule has 1 aromatic rings. The van der Waals surface area contributed by atoms with E-state index in [-0.39, 0.29) is 0 Å². The summed E-state index contributed by atoms with van der Waals surface area (Å²) >= 11 is 0. The summed E-state index contributed by atoms with van der Waals surface area (Å²) in [6, 6.07) is 2.91. The summed E-state index contributed by atoms with van der Waals surface area (Å²) in [7, 11) is 1.94. The number of hydrogen-bond donors (Lipinski definition) is 1. The maximum atomic E-state index is 4.29. The Morgan fingerprint density at radius 1 is 1.38 bits per heavy atom. The Morgan fingerprint density at radius 3 is 2.75 bits per heavy atom. The molecule has 1 aromatic heterocycles. The summed E-state index contributed by atoms with van der Waals surface area (Å²) in [5, 5.41) is 3.15. The average Bonchev–Trinajstić information content (AvgIpc) is 2.84. The van der Waals surface area contributed by atoms with Crippen LogP contribution in [-0.4, -0.2) is 24.6 Å². The topological polar surface area (TPSA) is 28.2 Å². The van der Waals surface area contributed by atoms with E-state index in [9.17, 15) is 0 Å². The number of aromatic nitrogens is 1. The largest absolute Gasteiger partial charge is 0.387 e. The van der Waals surface area contributed by atoms with Gasteiger partial charge in [0.05, 0.1) is 23.8 Å². The fourth-order valence-electron chi connectivity index (χ4n) is 2.59. The first kappa shape index (κ1) is 11.2. The van der Waals surface area contributed by atoms with Gasteiger partial charge in [-0.15, -0.1) is 0 Å². The molecule has 1 aliphatic rings. The van der Waals surface area contributed by atoms with Gasteiger partial charge in [0, 0.05) is 19.6 Å². The summed E-state index contributed by atoms with van der Waals surface area (Å²) in [5.74, 6) is 0. The molecular formula is C13H21N3. The van der Waals surface area contributed by atoms with Crippen molar-refractivity contribution in [3.8, 4) is 0 Å². The molecule has 0 aliphatic heterocycles. The monoisotopic (exact) mass is 219 g/mol. The summed E-state index contributed by atoms with van der Waals surface area (Å²) < 4.78 is 0. The smallest absolute Gasteiger partial charge is 0.0575 e. The highest BCUT2D eigenvalue weighted by Crippen LogP contribution is 2.28. The van der Waals surface area contributed by atoms with Crippen LogP contribution in [0.25, 0.3) is 0 Å². The van der Waals surface area contributed by atoms with Crippen LogP contribution in [0.5, 0.6) is 0 Å². The second-order valence-corrected chi connectivity index (χ2v) is 4.41. The molecular weight excluding hydrogens is 198 g/mol. The Hall–Kier alpha value is -1.25. The molecule has 2 rings (SSSR count). The quantitative estimate of drug-likeness (QED) is 0.844. The van der Waals surface area contributed by atoms with Crippen molar-refractivity contribution in [3.63, 3.8) is 0 Å². The molecule has 3 nitrogen and oxygen atoms in total. The zero-order chi connectivity index (χ0) is 11.4. The van der Waals surface area contributed by atoms with Gasteiger partial charge in [-0.1, -0.05) is 12.8 Å². The molecule has 0 atom stereocenters. The second-order valence-electron chi connectivity index (χ2n) is 4.41. The van der Waals surface area contributed by atoms with Gasteiger partial charge in [0.2, 0.25) is 0 Å². The summed E-state index contributed by atoms with van der Waals surface area (Å²) in [5.41, 5.74) is 2.34. The van der Waals surface area contributed by atoms with Crippen molar-refractivity contribution in [3.05, 3.63) is 18.5 Å². The van der Waals surface area contributed by atoms with Gasteiger partial charge in [-0.25, -0.2) is 0 Å². The van der Waals surface area contributed by atoms with Crippen LogP contribution in [0.1, 0.15) is 32.6 Å². The van der Waals surface area contributed by atoms with E-state index in [1.807, 2.05) is 19.4 Å². The van der Waals surface area contributed by atoms with E-state index in [0.29, 0.717) is 0 Å². The Bertz CT molecular complexity index is 332.